The predicted octanol–water partition coefficient (Wildman–Crippen LogP) is 3.50. The first-order valence-corrected chi connectivity index (χ1v) is 6.46. The molecule has 0 amide bonds. The third-order valence-electron chi connectivity index (χ3n) is 2.56. The molecule has 94 valence electrons. The monoisotopic (exact) mass is 357 g/mol. The molecule has 4 nitrogen and oxygen atoms in total. The number of carboxylic acid groups (broad SMARTS) is 1. The van der Waals surface area contributed by atoms with E-state index in [0.29, 0.717) is 12.3 Å². The number of aromatic carboxylic acids is 1. The Kier molecular flexibility index (Phi) is 3.90. The number of carboxylic acids is 1. The quantitative estimate of drug-likeness (QED) is 0.823. The lowest BCUT2D eigenvalue weighted by Crippen LogP contribution is -1.99. The first-order valence-electron chi connectivity index (χ1n) is 5.38. The van der Waals surface area contributed by atoms with Crippen LogP contribution in [0, 0.1) is 10.5 Å². The zero-order chi connectivity index (χ0) is 13.1. The fourth-order valence-electron chi connectivity index (χ4n) is 1.57. The molecule has 0 saturated heterocycles. The fourth-order valence-corrected chi connectivity index (χ4v) is 1.93. The van der Waals surface area contributed by atoms with Gasteiger partial charge in [-0.2, -0.15) is 0 Å². The normalized spacial score (nSPS) is 10.3. The Morgan fingerprint density at radius 1 is 1.39 bits per heavy atom. The molecule has 0 aliphatic rings. The minimum atomic E-state index is -1.04. The van der Waals surface area contributed by atoms with Crippen LogP contribution >= 0.6 is 22.6 Å². The maximum atomic E-state index is 10.8. The number of hydrogen-bond acceptors (Lipinski definition) is 3. The van der Waals surface area contributed by atoms with Crippen molar-refractivity contribution in [3.63, 3.8) is 0 Å². The molecule has 0 aliphatic heterocycles. The van der Waals surface area contributed by atoms with Crippen LogP contribution in [0.5, 0.6) is 0 Å². The number of aryl methyl sites for hydroxylation is 1. The summed E-state index contributed by atoms with van der Waals surface area (Å²) in [6, 6.07) is 9.53. The molecule has 0 fully saturated rings. The Morgan fingerprint density at radius 2 is 2.06 bits per heavy atom. The van der Waals surface area contributed by atoms with E-state index in [1.165, 1.54) is 3.57 Å². The summed E-state index contributed by atoms with van der Waals surface area (Å²) in [7, 11) is 0. The summed E-state index contributed by atoms with van der Waals surface area (Å²) >= 11 is 2.24. The molecule has 5 heteroatoms. The molecular weight excluding hydrogens is 345 g/mol. The maximum absolute atomic E-state index is 10.8. The van der Waals surface area contributed by atoms with Gasteiger partial charge in [0, 0.05) is 21.4 Å². The van der Waals surface area contributed by atoms with E-state index >= 15 is 0 Å². The summed E-state index contributed by atoms with van der Waals surface area (Å²) < 4.78 is 6.31. The minimum absolute atomic E-state index is 0.0214. The Balaban J connectivity index is 2.06. The van der Waals surface area contributed by atoms with Gasteiger partial charge in [0.1, 0.15) is 5.76 Å². The summed E-state index contributed by atoms with van der Waals surface area (Å²) in [6.07, 6.45) is 0. The van der Waals surface area contributed by atoms with Crippen LogP contribution in [0.3, 0.4) is 0 Å². The highest BCUT2D eigenvalue weighted by atomic mass is 127. The Hall–Kier alpha value is -1.50. The van der Waals surface area contributed by atoms with Crippen LogP contribution in [0.4, 0.5) is 5.69 Å². The highest BCUT2D eigenvalue weighted by Gasteiger charge is 2.12. The third-order valence-corrected chi connectivity index (χ3v) is 3.28. The van der Waals surface area contributed by atoms with E-state index in [-0.39, 0.29) is 5.76 Å². The zero-order valence-electron chi connectivity index (χ0n) is 9.74. The van der Waals surface area contributed by atoms with Gasteiger partial charge in [0.2, 0.25) is 5.76 Å². The average molecular weight is 357 g/mol. The molecule has 0 aliphatic carbocycles. The van der Waals surface area contributed by atoms with Gasteiger partial charge < -0.3 is 14.8 Å². The van der Waals surface area contributed by atoms with Crippen molar-refractivity contribution in [3.05, 3.63) is 51.0 Å². The fraction of sp³-hybridized carbons (Fsp3) is 0.154. The van der Waals surface area contributed by atoms with Crippen molar-refractivity contribution in [2.24, 2.45) is 0 Å². The van der Waals surface area contributed by atoms with E-state index in [2.05, 4.69) is 27.9 Å². The van der Waals surface area contributed by atoms with Gasteiger partial charge in [-0.3, -0.25) is 0 Å². The van der Waals surface area contributed by atoms with Gasteiger partial charge in [0.25, 0.3) is 0 Å². The largest absolute Gasteiger partial charge is 0.475 e. The van der Waals surface area contributed by atoms with Crippen molar-refractivity contribution in [2.75, 3.05) is 5.32 Å². The van der Waals surface area contributed by atoms with Crippen molar-refractivity contribution < 1.29 is 14.3 Å². The van der Waals surface area contributed by atoms with Crippen LogP contribution in [0.15, 0.2) is 34.7 Å². The summed E-state index contributed by atoms with van der Waals surface area (Å²) in [6.45, 7) is 2.31. The smallest absolute Gasteiger partial charge is 0.371 e. The molecule has 1 aromatic heterocycles. The average Bonchev–Trinajstić information content (AvgIpc) is 2.70. The van der Waals surface area contributed by atoms with E-state index < -0.39 is 5.97 Å². The molecular formula is C13H12INO3. The van der Waals surface area contributed by atoms with E-state index in [4.69, 9.17) is 9.52 Å². The molecule has 0 bridgehead atoms. The number of rotatable bonds is 4. The predicted molar refractivity (Wildman–Crippen MR) is 76.9 cm³/mol. The summed E-state index contributed by atoms with van der Waals surface area (Å²) in [5.41, 5.74) is 1.85. The standard InChI is InChI=1S/C13H12INO3/c1-8-9(6-12(18-8)13(16)17)7-15-11-4-2-10(14)3-5-11/h2-6,15H,7H2,1H3,(H,16,17). The SMILES string of the molecule is Cc1oc(C(=O)O)cc1CNc1ccc(I)cc1. The van der Waals surface area contributed by atoms with Gasteiger partial charge in [-0.15, -0.1) is 0 Å². The second-order valence-corrected chi connectivity index (χ2v) is 5.10. The van der Waals surface area contributed by atoms with Crippen LogP contribution < -0.4 is 5.32 Å². The Bertz CT molecular complexity index is 560. The van der Waals surface area contributed by atoms with E-state index in [9.17, 15) is 4.79 Å². The summed E-state index contributed by atoms with van der Waals surface area (Å²) in [5, 5.41) is 12.0. The first kappa shape index (κ1) is 12.9. The molecule has 2 N–H and O–H groups in total. The summed E-state index contributed by atoms with van der Waals surface area (Å²) in [5.74, 6) is -0.434. The summed E-state index contributed by atoms with van der Waals surface area (Å²) in [4.78, 5) is 10.8. The molecule has 0 atom stereocenters. The highest BCUT2D eigenvalue weighted by Crippen LogP contribution is 2.17. The second-order valence-electron chi connectivity index (χ2n) is 3.86. The minimum Gasteiger partial charge on any atom is -0.475 e. The van der Waals surface area contributed by atoms with Crippen molar-refractivity contribution in [3.8, 4) is 0 Å². The zero-order valence-corrected chi connectivity index (χ0v) is 11.9. The van der Waals surface area contributed by atoms with E-state index in [1.807, 2.05) is 24.3 Å². The Morgan fingerprint density at radius 3 is 2.61 bits per heavy atom. The molecule has 0 radical (unpaired) electrons. The number of nitrogens with one attached hydrogen (secondary N) is 1. The highest BCUT2D eigenvalue weighted by molar-refractivity contribution is 14.1. The lowest BCUT2D eigenvalue weighted by Gasteiger charge is -2.05. The molecule has 1 aromatic carbocycles. The molecule has 0 unspecified atom stereocenters. The number of hydrogen-bond donors (Lipinski definition) is 2. The number of halogens is 1. The molecule has 0 saturated carbocycles. The van der Waals surface area contributed by atoms with Gasteiger partial charge in [0.05, 0.1) is 0 Å². The molecule has 0 spiro atoms. The first-order chi connectivity index (χ1) is 8.56. The van der Waals surface area contributed by atoms with Gasteiger partial charge in [-0.1, -0.05) is 0 Å². The van der Waals surface area contributed by atoms with Crippen LogP contribution in [-0.4, -0.2) is 11.1 Å². The van der Waals surface area contributed by atoms with Gasteiger partial charge in [0.15, 0.2) is 0 Å². The molecule has 1 heterocycles. The van der Waals surface area contributed by atoms with Crippen molar-refractivity contribution >= 4 is 34.2 Å². The van der Waals surface area contributed by atoms with Gasteiger partial charge in [-0.05, 0) is 59.8 Å². The van der Waals surface area contributed by atoms with Gasteiger partial charge >= 0.3 is 5.97 Å². The van der Waals surface area contributed by atoms with Crippen LogP contribution in [0.25, 0.3) is 0 Å². The Labute approximate surface area is 118 Å². The number of anilines is 1. The lowest BCUT2D eigenvalue weighted by atomic mass is 10.2. The van der Waals surface area contributed by atoms with E-state index in [1.54, 1.807) is 13.0 Å². The molecule has 2 rings (SSSR count). The maximum Gasteiger partial charge on any atom is 0.371 e. The number of carbonyl (C=O) groups is 1. The van der Waals surface area contributed by atoms with Crippen LogP contribution in [-0.2, 0) is 6.54 Å². The topological polar surface area (TPSA) is 62.5 Å². The van der Waals surface area contributed by atoms with Crippen molar-refractivity contribution in [2.45, 2.75) is 13.5 Å². The molecule has 18 heavy (non-hydrogen) atoms. The number of benzene rings is 1. The van der Waals surface area contributed by atoms with Crippen LogP contribution in [0.1, 0.15) is 21.9 Å². The van der Waals surface area contributed by atoms with Crippen molar-refractivity contribution in [1.29, 1.82) is 0 Å². The van der Waals surface area contributed by atoms with Crippen molar-refractivity contribution in [1.82, 2.24) is 0 Å². The van der Waals surface area contributed by atoms with E-state index in [0.717, 1.165) is 11.3 Å². The molecule has 2 aromatic rings. The third kappa shape index (κ3) is 3.04. The van der Waals surface area contributed by atoms with Crippen LogP contribution in [0.2, 0.25) is 0 Å². The lowest BCUT2D eigenvalue weighted by molar-refractivity contribution is 0.0661. The number of furan rings is 1. The second kappa shape index (κ2) is 5.43. The van der Waals surface area contributed by atoms with Gasteiger partial charge in [-0.25, -0.2) is 4.79 Å².